The third kappa shape index (κ3) is 3.81. The van der Waals surface area contributed by atoms with Crippen molar-refractivity contribution in [1.29, 1.82) is 0 Å². The van der Waals surface area contributed by atoms with E-state index in [1.807, 2.05) is 0 Å². The molecular formula is C7H17ClN2O2S. The number of hydrogen-bond donors (Lipinski definition) is 1. The summed E-state index contributed by atoms with van der Waals surface area (Å²) in [6.07, 6.45) is 3.07. The monoisotopic (exact) mass is 228 g/mol. The van der Waals surface area contributed by atoms with Crippen molar-refractivity contribution in [3.63, 3.8) is 0 Å². The third-order valence-electron chi connectivity index (χ3n) is 2.38. The molecule has 0 saturated carbocycles. The topological polar surface area (TPSA) is 63.4 Å². The first kappa shape index (κ1) is 13.2. The van der Waals surface area contributed by atoms with E-state index in [0.29, 0.717) is 25.6 Å². The van der Waals surface area contributed by atoms with Gasteiger partial charge >= 0.3 is 0 Å². The number of nitrogens with zero attached hydrogens (tertiary/aromatic N) is 1. The number of rotatable bonds is 2. The van der Waals surface area contributed by atoms with E-state index in [1.165, 1.54) is 10.6 Å². The number of halogens is 1. The van der Waals surface area contributed by atoms with Gasteiger partial charge in [-0.05, 0) is 25.3 Å². The fourth-order valence-corrected chi connectivity index (χ4v) is 2.35. The van der Waals surface area contributed by atoms with E-state index in [2.05, 4.69) is 0 Å². The number of nitrogens with two attached hydrogens (primary N) is 1. The largest absolute Gasteiger partial charge is 0.330 e. The fourth-order valence-electron chi connectivity index (χ4n) is 1.48. The molecule has 1 aliphatic rings. The van der Waals surface area contributed by atoms with E-state index in [-0.39, 0.29) is 12.4 Å². The highest BCUT2D eigenvalue weighted by molar-refractivity contribution is 7.88. The van der Waals surface area contributed by atoms with Gasteiger partial charge < -0.3 is 5.73 Å². The summed E-state index contributed by atoms with van der Waals surface area (Å²) >= 11 is 0. The van der Waals surface area contributed by atoms with Crippen LogP contribution in [0.15, 0.2) is 0 Å². The molecule has 2 N–H and O–H groups in total. The second kappa shape index (κ2) is 5.14. The summed E-state index contributed by atoms with van der Waals surface area (Å²) in [6.45, 7) is 1.96. The predicted molar refractivity (Wildman–Crippen MR) is 55.4 cm³/mol. The minimum absolute atomic E-state index is 0. The lowest BCUT2D eigenvalue weighted by molar-refractivity contribution is 0.280. The van der Waals surface area contributed by atoms with Crippen LogP contribution in [-0.2, 0) is 10.0 Å². The Morgan fingerprint density at radius 1 is 1.38 bits per heavy atom. The lowest BCUT2D eigenvalue weighted by Gasteiger charge is -2.29. The SMILES string of the molecule is CS(=O)(=O)N1CCC(CN)CC1.Cl. The van der Waals surface area contributed by atoms with Gasteiger partial charge in [-0.2, -0.15) is 0 Å². The lowest BCUT2D eigenvalue weighted by atomic mass is 9.99. The second-order valence-corrected chi connectivity index (χ2v) is 5.32. The van der Waals surface area contributed by atoms with Crippen LogP contribution in [0.4, 0.5) is 0 Å². The third-order valence-corrected chi connectivity index (χ3v) is 3.68. The summed E-state index contributed by atoms with van der Waals surface area (Å²) in [5.74, 6) is 0.517. The summed E-state index contributed by atoms with van der Waals surface area (Å²) in [6, 6.07) is 0. The molecule has 13 heavy (non-hydrogen) atoms. The Morgan fingerprint density at radius 2 is 1.85 bits per heavy atom. The van der Waals surface area contributed by atoms with Crippen molar-refractivity contribution in [3.8, 4) is 0 Å². The first-order valence-electron chi connectivity index (χ1n) is 4.19. The van der Waals surface area contributed by atoms with E-state index in [1.54, 1.807) is 0 Å². The van der Waals surface area contributed by atoms with E-state index >= 15 is 0 Å². The summed E-state index contributed by atoms with van der Waals surface area (Å²) in [5, 5.41) is 0. The van der Waals surface area contributed by atoms with Crippen molar-refractivity contribution in [2.75, 3.05) is 25.9 Å². The van der Waals surface area contributed by atoms with E-state index < -0.39 is 10.0 Å². The zero-order valence-electron chi connectivity index (χ0n) is 7.77. The van der Waals surface area contributed by atoms with Crippen LogP contribution in [0.5, 0.6) is 0 Å². The number of sulfonamides is 1. The fraction of sp³-hybridized carbons (Fsp3) is 1.00. The Balaban J connectivity index is 0.00000144. The summed E-state index contributed by atoms with van der Waals surface area (Å²) in [5.41, 5.74) is 5.49. The van der Waals surface area contributed by atoms with Crippen LogP contribution in [0.3, 0.4) is 0 Å². The zero-order valence-corrected chi connectivity index (χ0v) is 9.40. The molecule has 0 aromatic heterocycles. The van der Waals surface area contributed by atoms with Crippen molar-refractivity contribution in [1.82, 2.24) is 4.31 Å². The van der Waals surface area contributed by atoms with Crippen LogP contribution in [0.25, 0.3) is 0 Å². The van der Waals surface area contributed by atoms with Gasteiger partial charge in [0.2, 0.25) is 10.0 Å². The molecule has 0 spiro atoms. The van der Waals surface area contributed by atoms with Crippen molar-refractivity contribution in [2.24, 2.45) is 11.7 Å². The quantitative estimate of drug-likeness (QED) is 0.726. The smallest absolute Gasteiger partial charge is 0.211 e. The van der Waals surface area contributed by atoms with Gasteiger partial charge in [0, 0.05) is 13.1 Å². The number of hydrogen-bond acceptors (Lipinski definition) is 3. The molecule has 1 saturated heterocycles. The standard InChI is InChI=1S/C7H16N2O2S.ClH/c1-12(10,11)9-4-2-7(6-8)3-5-9;/h7H,2-6,8H2,1H3;1H. The van der Waals surface area contributed by atoms with Gasteiger partial charge in [0.1, 0.15) is 0 Å². The minimum atomic E-state index is -2.97. The molecule has 0 aromatic carbocycles. The molecule has 0 aromatic rings. The Kier molecular flexibility index (Phi) is 5.21. The first-order chi connectivity index (χ1) is 5.54. The summed E-state index contributed by atoms with van der Waals surface area (Å²) in [4.78, 5) is 0. The summed E-state index contributed by atoms with van der Waals surface area (Å²) in [7, 11) is -2.97. The molecule has 80 valence electrons. The molecule has 4 nitrogen and oxygen atoms in total. The molecule has 1 fully saturated rings. The number of piperidine rings is 1. The highest BCUT2D eigenvalue weighted by Gasteiger charge is 2.23. The van der Waals surface area contributed by atoms with E-state index in [0.717, 1.165) is 12.8 Å². The van der Waals surface area contributed by atoms with Crippen LogP contribution >= 0.6 is 12.4 Å². The molecule has 0 radical (unpaired) electrons. The minimum Gasteiger partial charge on any atom is -0.330 e. The zero-order chi connectivity index (χ0) is 9.19. The molecule has 0 unspecified atom stereocenters. The average Bonchev–Trinajstić information content (AvgIpc) is 2.03. The Labute approximate surface area is 85.9 Å². The maximum Gasteiger partial charge on any atom is 0.211 e. The van der Waals surface area contributed by atoms with Gasteiger partial charge in [-0.25, -0.2) is 12.7 Å². The highest BCUT2D eigenvalue weighted by Crippen LogP contribution is 2.17. The van der Waals surface area contributed by atoms with Gasteiger partial charge in [0.25, 0.3) is 0 Å². The normalized spacial score (nSPS) is 21.1. The molecular weight excluding hydrogens is 212 g/mol. The van der Waals surface area contributed by atoms with Gasteiger partial charge in [0.05, 0.1) is 6.26 Å². The molecule has 1 heterocycles. The molecule has 0 aliphatic carbocycles. The van der Waals surface area contributed by atoms with Crippen LogP contribution in [-0.4, -0.2) is 38.6 Å². The highest BCUT2D eigenvalue weighted by atomic mass is 35.5. The summed E-state index contributed by atoms with van der Waals surface area (Å²) < 4.78 is 23.7. The Morgan fingerprint density at radius 3 is 2.15 bits per heavy atom. The van der Waals surface area contributed by atoms with Gasteiger partial charge in [-0.3, -0.25) is 0 Å². The molecule has 6 heteroatoms. The van der Waals surface area contributed by atoms with Gasteiger partial charge in [-0.15, -0.1) is 12.4 Å². The molecule has 0 amide bonds. The Bertz CT molecular complexity index is 235. The first-order valence-corrected chi connectivity index (χ1v) is 6.04. The van der Waals surface area contributed by atoms with Crippen molar-refractivity contribution in [3.05, 3.63) is 0 Å². The maximum atomic E-state index is 11.1. The van der Waals surface area contributed by atoms with Crippen LogP contribution in [0.2, 0.25) is 0 Å². The molecule has 1 aliphatic heterocycles. The molecule has 0 atom stereocenters. The van der Waals surface area contributed by atoms with Crippen LogP contribution < -0.4 is 5.73 Å². The van der Waals surface area contributed by atoms with E-state index in [9.17, 15) is 8.42 Å². The lowest BCUT2D eigenvalue weighted by Crippen LogP contribution is -2.39. The maximum absolute atomic E-state index is 11.1. The average molecular weight is 229 g/mol. The molecule has 0 bridgehead atoms. The van der Waals surface area contributed by atoms with Crippen molar-refractivity contribution >= 4 is 22.4 Å². The predicted octanol–water partition coefficient (Wildman–Crippen LogP) is 0.0385. The van der Waals surface area contributed by atoms with Gasteiger partial charge in [0.15, 0.2) is 0 Å². The Hall–Kier alpha value is 0.160. The van der Waals surface area contributed by atoms with E-state index in [4.69, 9.17) is 5.73 Å². The van der Waals surface area contributed by atoms with Gasteiger partial charge in [-0.1, -0.05) is 0 Å². The van der Waals surface area contributed by atoms with Crippen molar-refractivity contribution in [2.45, 2.75) is 12.8 Å². The van der Waals surface area contributed by atoms with Crippen LogP contribution in [0, 0.1) is 5.92 Å². The molecule has 1 rings (SSSR count). The van der Waals surface area contributed by atoms with Crippen LogP contribution in [0.1, 0.15) is 12.8 Å². The second-order valence-electron chi connectivity index (χ2n) is 3.34. The van der Waals surface area contributed by atoms with Crippen molar-refractivity contribution < 1.29 is 8.42 Å².